The summed E-state index contributed by atoms with van der Waals surface area (Å²) in [6.45, 7) is 1.02. The lowest BCUT2D eigenvalue weighted by Gasteiger charge is -2.08. The van der Waals surface area contributed by atoms with Crippen molar-refractivity contribution in [2.75, 3.05) is 0 Å². The van der Waals surface area contributed by atoms with Crippen LogP contribution in [0.15, 0.2) is 53.3 Å². The molecule has 0 saturated heterocycles. The first-order chi connectivity index (χ1) is 13.5. The molecular formula is C21H22ClN3O2S. The molecule has 3 rings (SSSR count). The summed E-state index contributed by atoms with van der Waals surface area (Å²) in [6.07, 6.45) is 2.86. The zero-order valence-corrected chi connectivity index (χ0v) is 17.0. The van der Waals surface area contributed by atoms with Crippen LogP contribution in [0.25, 0.3) is 10.9 Å². The molecular weight excluding hydrogens is 394 g/mol. The Morgan fingerprint density at radius 2 is 1.93 bits per heavy atom. The summed E-state index contributed by atoms with van der Waals surface area (Å²) >= 11 is 11.2. The van der Waals surface area contributed by atoms with E-state index in [1.165, 1.54) is 0 Å². The van der Waals surface area contributed by atoms with Crippen molar-refractivity contribution in [3.63, 3.8) is 0 Å². The van der Waals surface area contributed by atoms with Gasteiger partial charge in [-0.15, -0.1) is 0 Å². The number of carbonyl (C=O) groups excluding carboxylic acids is 1. The lowest BCUT2D eigenvalue weighted by atomic mass is 10.1. The van der Waals surface area contributed by atoms with Crippen LogP contribution >= 0.6 is 23.8 Å². The van der Waals surface area contributed by atoms with E-state index in [0.717, 1.165) is 30.3 Å². The second-order valence-electron chi connectivity index (χ2n) is 6.65. The summed E-state index contributed by atoms with van der Waals surface area (Å²) in [5, 5.41) is 4.20. The maximum absolute atomic E-state index is 12.6. The molecule has 5 nitrogen and oxygen atoms in total. The summed E-state index contributed by atoms with van der Waals surface area (Å²) in [4.78, 5) is 27.6. The lowest BCUT2D eigenvalue weighted by Crippen LogP contribution is -2.23. The van der Waals surface area contributed by atoms with Gasteiger partial charge in [0.1, 0.15) is 0 Å². The van der Waals surface area contributed by atoms with Gasteiger partial charge in [0, 0.05) is 24.5 Å². The van der Waals surface area contributed by atoms with Crippen molar-refractivity contribution in [2.24, 2.45) is 0 Å². The van der Waals surface area contributed by atoms with Crippen LogP contribution in [0.3, 0.4) is 0 Å². The molecule has 2 aromatic carbocycles. The SMILES string of the molecule is O=C(CCCCCn1c(=S)[nH]c2ccccc2c1=O)NCc1cccc(Cl)c1. The summed E-state index contributed by atoms with van der Waals surface area (Å²) in [5.41, 5.74) is 1.66. The number of hydrogen-bond donors (Lipinski definition) is 2. The number of benzene rings is 2. The average molecular weight is 416 g/mol. The number of aromatic nitrogens is 2. The fourth-order valence-electron chi connectivity index (χ4n) is 3.07. The van der Waals surface area contributed by atoms with Gasteiger partial charge in [-0.25, -0.2) is 0 Å². The van der Waals surface area contributed by atoms with Crippen LogP contribution in [0.2, 0.25) is 5.02 Å². The zero-order chi connectivity index (χ0) is 19.9. The number of H-pyrrole nitrogens is 1. The van der Waals surface area contributed by atoms with Gasteiger partial charge in [0.05, 0.1) is 10.9 Å². The quantitative estimate of drug-likeness (QED) is 0.417. The van der Waals surface area contributed by atoms with Crippen molar-refractivity contribution in [1.29, 1.82) is 0 Å². The smallest absolute Gasteiger partial charge is 0.262 e. The fourth-order valence-corrected chi connectivity index (χ4v) is 3.57. The Labute approximate surface area is 173 Å². The van der Waals surface area contributed by atoms with Gasteiger partial charge < -0.3 is 10.3 Å². The molecule has 0 saturated carbocycles. The highest BCUT2D eigenvalue weighted by Gasteiger charge is 2.06. The minimum atomic E-state index is -0.0707. The van der Waals surface area contributed by atoms with Crippen molar-refractivity contribution < 1.29 is 4.79 Å². The van der Waals surface area contributed by atoms with Crippen LogP contribution in [0.5, 0.6) is 0 Å². The molecule has 0 spiro atoms. The van der Waals surface area contributed by atoms with Gasteiger partial charge in [0.15, 0.2) is 4.77 Å². The first-order valence-electron chi connectivity index (χ1n) is 9.27. The number of carbonyl (C=O) groups is 1. The highest BCUT2D eigenvalue weighted by molar-refractivity contribution is 7.71. The number of fused-ring (bicyclic) bond motifs is 1. The van der Waals surface area contributed by atoms with E-state index in [1.807, 2.05) is 36.4 Å². The van der Waals surface area contributed by atoms with Gasteiger partial charge in [-0.2, -0.15) is 0 Å². The van der Waals surface area contributed by atoms with Crippen molar-refractivity contribution >= 4 is 40.6 Å². The number of para-hydroxylation sites is 1. The maximum atomic E-state index is 12.6. The Morgan fingerprint density at radius 3 is 2.75 bits per heavy atom. The average Bonchev–Trinajstić information content (AvgIpc) is 2.68. The van der Waals surface area contributed by atoms with Gasteiger partial charge in [0.2, 0.25) is 5.91 Å². The number of nitrogens with one attached hydrogen (secondary N) is 2. The van der Waals surface area contributed by atoms with Crippen LogP contribution in [0.1, 0.15) is 31.2 Å². The van der Waals surface area contributed by atoms with E-state index in [0.29, 0.717) is 34.7 Å². The van der Waals surface area contributed by atoms with Crippen LogP contribution < -0.4 is 10.9 Å². The Morgan fingerprint density at radius 1 is 1.11 bits per heavy atom. The monoisotopic (exact) mass is 415 g/mol. The normalized spacial score (nSPS) is 10.9. The molecule has 0 radical (unpaired) electrons. The molecule has 28 heavy (non-hydrogen) atoms. The van der Waals surface area contributed by atoms with Gasteiger partial charge in [-0.3, -0.25) is 14.2 Å². The highest BCUT2D eigenvalue weighted by Crippen LogP contribution is 2.11. The van der Waals surface area contributed by atoms with E-state index in [2.05, 4.69) is 10.3 Å². The first kappa shape index (κ1) is 20.3. The van der Waals surface area contributed by atoms with Crippen molar-refractivity contribution in [1.82, 2.24) is 14.9 Å². The molecule has 7 heteroatoms. The largest absolute Gasteiger partial charge is 0.352 e. The van der Waals surface area contributed by atoms with E-state index >= 15 is 0 Å². The van der Waals surface area contributed by atoms with Gasteiger partial charge >= 0.3 is 0 Å². The number of nitrogens with zero attached hydrogens (tertiary/aromatic N) is 1. The lowest BCUT2D eigenvalue weighted by molar-refractivity contribution is -0.121. The minimum absolute atomic E-state index is 0.0140. The fraction of sp³-hybridized carbons (Fsp3) is 0.286. The minimum Gasteiger partial charge on any atom is -0.352 e. The molecule has 0 aliphatic rings. The number of aromatic amines is 1. The molecule has 3 aromatic rings. The Hall–Kier alpha value is -2.44. The number of hydrogen-bond acceptors (Lipinski definition) is 3. The molecule has 0 fully saturated rings. The Kier molecular flexibility index (Phi) is 7.01. The number of halogens is 1. The summed E-state index contributed by atoms with van der Waals surface area (Å²) in [6, 6.07) is 14.8. The molecule has 2 N–H and O–H groups in total. The molecule has 1 aromatic heterocycles. The summed E-state index contributed by atoms with van der Waals surface area (Å²) in [7, 11) is 0. The zero-order valence-electron chi connectivity index (χ0n) is 15.4. The second kappa shape index (κ2) is 9.66. The van der Waals surface area contributed by atoms with E-state index < -0.39 is 0 Å². The van der Waals surface area contributed by atoms with Crippen LogP contribution in [-0.2, 0) is 17.9 Å². The Bertz CT molecular complexity index is 1090. The molecule has 0 aliphatic carbocycles. The molecule has 0 aliphatic heterocycles. The van der Waals surface area contributed by atoms with Crippen LogP contribution in [-0.4, -0.2) is 15.5 Å². The van der Waals surface area contributed by atoms with Crippen molar-refractivity contribution in [3.8, 4) is 0 Å². The number of unbranched alkanes of at least 4 members (excludes halogenated alkanes) is 2. The van der Waals surface area contributed by atoms with E-state index in [4.69, 9.17) is 23.8 Å². The van der Waals surface area contributed by atoms with Gasteiger partial charge in [0.25, 0.3) is 5.56 Å². The molecule has 0 unspecified atom stereocenters. The molecule has 0 atom stereocenters. The predicted octanol–water partition coefficient (Wildman–Crippen LogP) is 4.59. The van der Waals surface area contributed by atoms with Crippen LogP contribution in [0, 0.1) is 4.77 Å². The first-order valence-corrected chi connectivity index (χ1v) is 10.1. The van der Waals surface area contributed by atoms with E-state index in [-0.39, 0.29) is 11.5 Å². The van der Waals surface area contributed by atoms with Gasteiger partial charge in [-0.1, -0.05) is 42.3 Å². The second-order valence-corrected chi connectivity index (χ2v) is 7.47. The molecule has 146 valence electrons. The molecule has 1 heterocycles. The standard InChI is InChI=1S/C21H22ClN3O2S/c22-16-8-6-7-15(13-16)14-23-19(26)11-2-1-5-12-25-20(27)17-9-3-4-10-18(17)24-21(25)28/h3-4,6-10,13H,1-2,5,11-12,14H2,(H,23,26)(H,24,28). The predicted molar refractivity (Wildman–Crippen MR) is 115 cm³/mol. The number of amides is 1. The Balaban J connectivity index is 1.44. The van der Waals surface area contributed by atoms with Crippen molar-refractivity contribution in [3.05, 3.63) is 74.2 Å². The van der Waals surface area contributed by atoms with Crippen LogP contribution in [0.4, 0.5) is 0 Å². The topological polar surface area (TPSA) is 66.9 Å². The van der Waals surface area contributed by atoms with Crippen molar-refractivity contribution in [2.45, 2.75) is 38.8 Å². The summed E-state index contributed by atoms with van der Waals surface area (Å²) < 4.78 is 2.03. The third-order valence-electron chi connectivity index (χ3n) is 4.55. The number of rotatable bonds is 8. The summed E-state index contributed by atoms with van der Waals surface area (Å²) in [5.74, 6) is 0.0140. The van der Waals surface area contributed by atoms with Gasteiger partial charge in [-0.05, 0) is 54.9 Å². The third-order valence-corrected chi connectivity index (χ3v) is 5.11. The van der Waals surface area contributed by atoms with E-state index in [9.17, 15) is 9.59 Å². The molecule has 1 amide bonds. The molecule has 0 bridgehead atoms. The van der Waals surface area contributed by atoms with E-state index in [1.54, 1.807) is 16.7 Å². The highest BCUT2D eigenvalue weighted by atomic mass is 35.5. The third kappa shape index (κ3) is 5.30. The maximum Gasteiger partial charge on any atom is 0.262 e.